The van der Waals surface area contributed by atoms with Crippen molar-refractivity contribution in [3.63, 3.8) is 0 Å². The van der Waals surface area contributed by atoms with Gasteiger partial charge in [-0.1, -0.05) is 22.6 Å². The van der Waals surface area contributed by atoms with Crippen molar-refractivity contribution in [2.75, 3.05) is 17.6 Å². The maximum atomic E-state index is 11.8. The maximum Gasteiger partial charge on any atom is 0.320 e. The van der Waals surface area contributed by atoms with E-state index in [-0.39, 0.29) is 5.97 Å². The van der Waals surface area contributed by atoms with Crippen LogP contribution in [0.4, 0.5) is 0 Å². The summed E-state index contributed by atoms with van der Waals surface area (Å²) in [4.78, 5) is 11.8. The Hall–Kier alpha value is -0.720. The summed E-state index contributed by atoms with van der Waals surface area (Å²) >= 11 is 2.32. The van der Waals surface area contributed by atoms with Crippen molar-refractivity contribution in [3.05, 3.63) is 17.6 Å². The molecule has 1 unspecified atom stereocenters. The molecule has 3 heterocycles. The van der Waals surface area contributed by atoms with E-state index in [1.807, 2.05) is 6.07 Å². The number of alkyl halides is 1. The first-order valence-electron chi connectivity index (χ1n) is 5.75. The van der Waals surface area contributed by atoms with Gasteiger partial charge in [-0.05, 0) is 6.42 Å². The number of hydrogen-bond donors (Lipinski definition) is 0. The Labute approximate surface area is 113 Å². The van der Waals surface area contributed by atoms with Crippen LogP contribution in [0, 0.1) is 0 Å². The third-order valence-corrected chi connectivity index (χ3v) is 4.11. The van der Waals surface area contributed by atoms with Crippen LogP contribution in [0.25, 0.3) is 0 Å². The molecule has 0 amide bonds. The van der Waals surface area contributed by atoms with Gasteiger partial charge in [-0.3, -0.25) is 4.79 Å². The molecule has 0 N–H and O–H groups in total. The monoisotopic (exact) mass is 348 g/mol. The molecule has 1 spiro atoms. The molecular weight excluding hydrogens is 335 g/mol. The van der Waals surface area contributed by atoms with Crippen molar-refractivity contribution in [3.8, 4) is 5.75 Å². The van der Waals surface area contributed by atoms with Crippen LogP contribution in [0.3, 0.4) is 0 Å². The van der Waals surface area contributed by atoms with Gasteiger partial charge in [0.1, 0.15) is 11.2 Å². The smallest absolute Gasteiger partial charge is 0.320 e. The first-order chi connectivity index (χ1) is 8.26. The van der Waals surface area contributed by atoms with Crippen LogP contribution in [-0.2, 0) is 21.4 Å². The number of carbonyl (C=O) groups excluding carboxylic acids is 1. The van der Waals surface area contributed by atoms with E-state index in [0.29, 0.717) is 31.8 Å². The summed E-state index contributed by atoms with van der Waals surface area (Å²) in [5.41, 5.74) is -0.566. The first kappa shape index (κ1) is 11.4. The summed E-state index contributed by atoms with van der Waals surface area (Å²) in [6.45, 7) is 1.15. The minimum absolute atomic E-state index is 0.161. The molecule has 2 aliphatic heterocycles. The fourth-order valence-electron chi connectivity index (χ4n) is 2.49. The van der Waals surface area contributed by atoms with Crippen molar-refractivity contribution in [2.45, 2.75) is 24.7 Å². The predicted octanol–water partition coefficient (Wildman–Crippen LogP) is 2.22. The van der Waals surface area contributed by atoms with Crippen molar-refractivity contribution in [1.82, 2.24) is 0 Å². The zero-order valence-corrected chi connectivity index (χ0v) is 11.5. The molecule has 0 saturated carbocycles. The lowest BCUT2D eigenvalue weighted by Crippen LogP contribution is -2.32. The van der Waals surface area contributed by atoms with Crippen LogP contribution in [0.15, 0.2) is 10.5 Å². The minimum Gasteiger partial charge on any atom is -0.490 e. The molecule has 17 heavy (non-hydrogen) atoms. The van der Waals surface area contributed by atoms with Crippen LogP contribution in [0.5, 0.6) is 5.75 Å². The molecular formula is C12H13IO4. The molecule has 2 aliphatic rings. The summed E-state index contributed by atoms with van der Waals surface area (Å²) in [5, 5.41) is 0. The number of cyclic esters (lactones) is 1. The Balaban J connectivity index is 1.83. The summed E-state index contributed by atoms with van der Waals surface area (Å²) < 4.78 is 17.5. The number of hydrogen-bond acceptors (Lipinski definition) is 4. The Morgan fingerprint density at radius 1 is 1.53 bits per heavy atom. The van der Waals surface area contributed by atoms with E-state index in [4.69, 9.17) is 13.9 Å². The van der Waals surface area contributed by atoms with Gasteiger partial charge in [0.15, 0.2) is 11.5 Å². The third-order valence-electron chi connectivity index (χ3n) is 3.35. The van der Waals surface area contributed by atoms with Crippen LogP contribution < -0.4 is 4.74 Å². The van der Waals surface area contributed by atoms with Gasteiger partial charge >= 0.3 is 5.97 Å². The molecule has 0 aromatic carbocycles. The van der Waals surface area contributed by atoms with Crippen molar-refractivity contribution >= 4 is 28.6 Å². The molecule has 3 rings (SSSR count). The van der Waals surface area contributed by atoms with E-state index in [2.05, 4.69) is 22.6 Å². The topological polar surface area (TPSA) is 48.7 Å². The number of rotatable bonds is 4. The molecule has 1 saturated heterocycles. The highest BCUT2D eigenvalue weighted by atomic mass is 127. The molecule has 1 aromatic rings. The lowest BCUT2D eigenvalue weighted by atomic mass is 9.79. The van der Waals surface area contributed by atoms with Gasteiger partial charge in [-0.15, -0.1) is 0 Å². The molecule has 92 valence electrons. The highest BCUT2D eigenvalue weighted by molar-refractivity contribution is 14.1. The van der Waals surface area contributed by atoms with E-state index in [9.17, 15) is 4.79 Å². The number of esters is 1. The molecule has 1 atom stereocenters. The van der Waals surface area contributed by atoms with Gasteiger partial charge in [0.05, 0.1) is 13.2 Å². The zero-order valence-electron chi connectivity index (χ0n) is 9.33. The molecule has 2 bridgehead atoms. The van der Waals surface area contributed by atoms with Crippen molar-refractivity contribution in [1.29, 1.82) is 0 Å². The van der Waals surface area contributed by atoms with Crippen LogP contribution in [0.1, 0.15) is 24.4 Å². The second-order valence-corrected chi connectivity index (χ2v) is 5.52. The fourth-order valence-corrected chi connectivity index (χ4v) is 2.80. The predicted molar refractivity (Wildman–Crippen MR) is 68.7 cm³/mol. The number of fused-ring (bicyclic) bond motifs is 3. The van der Waals surface area contributed by atoms with Crippen molar-refractivity contribution in [2.24, 2.45) is 0 Å². The Morgan fingerprint density at radius 3 is 3.06 bits per heavy atom. The standard InChI is InChI=1S/C12H13IO4/c13-3-1-4-15-9-6-8-7-12(10(9)17-8)2-5-16-11(12)14/h6H,1-5,7H2. The van der Waals surface area contributed by atoms with E-state index in [1.165, 1.54) is 0 Å². The Bertz CT molecular complexity index is 453. The number of furan rings is 1. The minimum atomic E-state index is -0.566. The fraction of sp³-hybridized carbons (Fsp3) is 0.583. The third kappa shape index (κ3) is 1.66. The van der Waals surface area contributed by atoms with E-state index in [1.54, 1.807) is 0 Å². The molecule has 0 radical (unpaired) electrons. The summed E-state index contributed by atoms with van der Waals surface area (Å²) in [7, 11) is 0. The largest absolute Gasteiger partial charge is 0.490 e. The van der Waals surface area contributed by atoms with Gasteiger partial charge in [0, 0.05) is 23.3 Å². The van der Waals surface area contributed by atoms with E-state index in [0.717, 1.165) is 22.4 Å². The van der Waals surface area contributed by atoms with E-state index < -0.39 is 5.41 Å². The lowest BCUT2D eigenvalue weighted by Gasteiger charge is -2.19. The molecule has 1 aromatic heterocycles. The highest BCUT2D eigenvalue weighted by Gasteiger charge is 2.55. The summed E-state index contributed by atoms with van der Waals surface area (Å²) in [5.74, 6) is 2.09. The normalized spacial score (nSPS) is 25.6. The molecule has 1 fully saturated rings. The zero-order chi connectivity index (χ0) is 11.9. The Morgan fingerprint density at radius 2 is 2.41 bits per heavy atom. The molecule has 5 heteroatoms. The summed E-state index contributed by atoms with van der Waals surface area (Å²) in [6.07, 6.45) is 2.34. The van der Waals surface area contributed by atoms with Gasteiger partial charge in [-0.25, -0.2) is 0 Å². The van der Waals surface area contributed by atoms with Crippen LogP contribution in [0.2, 0.25) is 0 Å². The summed E-state index contributed by atoms with van der Waals surface area (Å²) in [6, 6.07) is 1.90. The average Bonchev–Trinajstić information content (AvgIpc) is 2.96. The highest BCUT2D eigenvalue weighted by Crippen LogP contribution is 2.49. The van der Waals surface area contributed by atoms with Crippen LogP contribution in [-0.4, -0.2) is 23.6 Å². The van der Waals surface area contributed by atoms with Crippen LogP contribution >= 0.6 is 22.6 Å². The van der Waals surface area contributed by atoms with E-state index >= 15 is 0 Å². The molecule has 0 aliphatic carbocycles. The maximum absolute atomic E-state index is 11.8. The van der Waals surface area contributed by atoms with Gasteiger partial charge in [-0.2, -0.15) is 0 Å². The number of carbonyl (C=O) groups is 1. The number of halogens is 1. The second kappa shape index (κ2) is 4.19. The average molecular weight is 348 g/mol. The number of ether oxygens (including phenoxy) is 2. The SMILES string of the molecule is O=C1OCCC12Cc1cc(OCCCI)c2o1. The van der Waals surface area contributed by atoms with Gasteiger partial charge < -0.3 is 13.9 Å². The molecule has 4 nitrogen and oxygen atoms in total. The van der Waals surface area contributed by atoms with Crippen molar-refractivity contribution < 1.29 is 18.7 Å². The Kier molecular flexibility index (Phi) is 2.80. The second-order valence-electron chi connectivity index (χ2n) is 4.44. The van der Waals surface area contributed by atoms with Gasteiger partial charge in [0.2, 0.25) is 0 Å². The lowest BCUT2D eigenvalue weighted by molar-refractivity contribution is -0.142. The quantitative estimate of drug-likeness (QED) is 0.362. The van der Waals surface area contributed by atoms with Gasteiger partial charge in [0.25, 0.3) is 0 Å². The first-order valence-corrected chi connectivity index (χ1v) is 7.28.